The number of aromatic amines is 1. The Hall–Kier alpha value is -3.19. The number of methoxy groups -OCH3 is 1. The lowest BCUT2D eigenvalue weighted by atomic mass is 10.0. The van der Waals surface area contributed by atoms with Gasteiger partial charge in [-0.25, -0.2) is 0 Å². The third kappa shape index (κ3) is 4.63. The van der Waals surface area contributed by atoms with Gasteiger partial charge in [0, 0.05) is 49.2 Å². The van der Waals surface area contributed by atoms with Crippen molar-refractivity contribution in [2.75, 3.05) is 20.2 Å². The maximum atomic E-state index is 12.5. The second-order valence-electron chi connectivity index (χ2n) is 7.29. The average Bonchev–Trinajstić information content (AvgIpc) is 3.43. The number of carbonyl (C=O) groups is 1. The van der Waals surface area contributed by atoms with Gasteiger partial charge < -0.3 is 10.1 Å². The molecule has 3 aromatic rings. The number of amides is 1. The second-order valence-corrected chi connectivity index (χ2v) is 7.29. The first-order chi connectivity index (χ1) is 14.2. The fourth-order valence-electron chi connectivity index (χ4n) is 3.76. The lowest BCUT2D eigenvalue weighted by molar-refractivity contribution is 0.0945. The van der Waals surface area contributed by atoms with Gasteiger partial charge in [0.2, 0.25) is 0 Å². The van der Waals surface area contributed by atoms with Gasteiger partial charge in [0.25, 0.3) is 5.91 Å². The molecule has 0 bridgehead atoms. The van der Waals surface area contributed by atoms with Crippen LogP contribution in [0.25, 0.3) is 0 Å². The van der Waals surface area contributed by atoms with E-state index in [-0.39, 0.29) is 5.91 Å². The largest absolute Gasteiger partial charge is 0.496 e. The predicted molar refractivity (Wildman–Crippen MR) is 110 cm³/mol. The lowest BCUT2D eigenvalue weighted by Crippen LogP contribution is -2.23. The molecule has 150 valence electrons. The van der Waals surface area contributed by atoms with E-state index in [1.54, 1.807) is 13.3 Å². The number of benzene rings is 1. The molecule has 2 N–H and O–H groups in total. The van der Waals surface area contributed by atoms with Crippen molar-refractivity contribution in [3.05, 3.63) is 77.4 Å². The van der Waals surface area contributed by atoms with Gasteiger partial charge in [0.05, 0.1) is 7.11 Å². The van der Waals surface area contributed by atoms with Gasteiger partial charge in [-0.2, -0.15) is 5.10 Å². The van der Waals surface area contributed by atoms with E-state index in [9.17, 15) is 4.79 Å². The summed E-state index contributed by atoms with van der Waals surface area (Å²) in [6.07, 6.45) is 4.75. The maximum absolute atomic E-state index is 12.5. The summed E-state index contributed by atoms with van der Waals surface area (Å²) in [7, 11) is 1.62. The van der Waals surface area contributed by atoms with E-state index < -0.39 is 0 Å². The number of ether oxygens (including phenoxy) is 1. The Morgan fingerprint density at radius 3 is 3.03 bits per heavy atom. The molecule has 1 atom stereocenters. The van der Waals surface area contributed by atoms with E-state index in [0.717, 1.165) is 43.1 Å². The van der Waals surface area contributed by atoms with Gasteiger partial charge in [-0.15, -0.1) is 0 Å². The monoisotopic (exact) mass is 391 g/mol. The van der Waals surface area contributed by atoms with Crippen LogP contribution in [0.2, 0.25) is 0 Å². The number of hydrogen-bond donors (Lipinski definition) is 2. The molecule has 0 aliphatic carbocycles. The predicted octanol–water partition coefficient (Wildman–Crippen LogP) is 2.73. The zero-order valence-corrected chi connectivity index (χ0v) is 16.5. The van der Waals surface area contributed by atoms with Crippen molar-refractivity contribution in [1.29, 1.82) is 0 Å². The van der Waals surface area contributed by atoms with Crippen molar-refractivity contribution in [3.8, 4) is 5.75 Å². The molecular weight excluding hydrogens is 366 g/mol. The number of nitrogens with zero attached hydrogens (tertiary/aromatic N) is 3. The number of likely N-dealkylation sites (tertiary alicyclic amines) is 1. The number of carbonyl (C=O) groups excluding carboxylic acids is 1. The number of H-pyrrole nitrogens is 1. The number of pyridine rings is 1. The highest BCUT2D eigenvalue weighted by atomic mass is 16.5. The molecule has 7 nitrogen and oxygen atoms in total. The van der Waals surface area contributed by atoms with Crippen LogP contribution in [-0.2, 0) is 13.1 Å². The van der Waals surface area contributed by atoms with E-state index in [1.165, 1.54) is 5.56 Å². The quantitative estimate of drug-likeness (QED) is 0.647. The molecular formula is C22H25N5O2. The van der Waals surface area contributed by atoms with Crippen LogP contribution in [0.4, 0.5) is 0 Å². The van der Waals surface area contributed by atoms with Crippen LogP contribution in [0.3, 0.4) is 0 Å². The lowest BCUT2D eigenvalue weighted by Gasteiger charge is -2.15. The summed E-state index contributed by atoms with van der Waals surface area (Å²) in [5.74, 6) is 0.925. The molecule has 1 saturated heterocycles. The van der Waals surface area contributed by atoms with Crippen molar-refractivity contribution in [3.63, 3.8) is 0 Å². The standard InChI is InChI=1S/C22H25N5O2/c1-29-21-7-3-2-6-17(21)13-24-22(28)20-11-19(25-26-20)18-8-10-27(15-18)14-16-5-4-9-23-12-16/h2-7,9,11-12,18H,8,10,13-15H2,1H3,(H,24,28)(H,25,26)/t18-/m0/s1. The number of aromatic nitrogens is 3. The van der Waals surface area contributed by atoms with E-state index >= 15 is 0 Å². The van der Waals surface area contributed by atoms with Crippen molar-refractivity contribution in [1.82, 2.24) is 25.4 Å². The first kappa shape index (κ1) is 19.1. The SMILES string of the molecule is COc1ccccc1CNC(=O)c1cc([C@H]2CCN(Cc3cccnc3)C2)[nH]n1. The molecule has 1 amide bonds. The Balaban J connectivity index is 1.33. The van der Waals surface area contributed by atoms with Crippen LogP contribution < -0.4 is 10.1 Å². The van der Waals surface area contributed by atoms with Crippen LogP contribution >= 0.6 is 0 Å². The molecule has 0 unspecified atom stereocenters. The van der Waals surface area contributed by atoms with Crippen molar-refractivity contribution in [2.24, 2.45) is 0 Å². The molecule has 1 aromatic carbocycles. The molecule has 4 rings (SSSR count). The normalized spacial score (nSPS) is 16.7. The van der Waals surface area contributed by atoms with Gasteiger partial charge in [-0.1, -0.05) is 24.3 Å². The van der Waals surface area contributed by atoms with Crippen LogP contribution in [0.1, 0.15) is 39.6 Å². The Labute approximate surface area is 170 Å². The minimum absolute atomic E-state index is 0.191. The highest BCUT2D eigenvalue weighted by molar-refractivity contribution is 5.92. The fraction of sp³-hybridized carbons (Fsp3) is 0.318. The van der Waals surface area contributed by atoms with Gasteiger partial charge in [0.15, 0.2) is 0 Å². The highest BCUT2D eigenvalue weighted by Crippen LogP contribution is 2.27. The molecule has 1 fully saturated rings. The third-order valence-electron chi connectivity index (χ3n) is 5.30. The summed E-state index contributed by atoms with van der Waals surface area (Å²) >= 11 is 0. The first-order valence-corrected chi connectivity index (χ1v) is 9.79. The van der Waals surface area contributed by atoms with E-state index in [2.05, 4.69) is 31.5 Å². The van der Waals surface area contributed by atoms with Crippen molar-refractivity contribution >= 4 is 5.91 Å². The summed E-state index contributed by atoms with van der Waals surface area (Å²) < 4.78 is 5.33. The molecule has 1 aliphatic rings. The van der Waals surface area contributed by atoms with E-state index in [4.69, 9.17) is 4.74 Å². The first-order valence-electron chi connectivity index (χ1n) is 9.79. The van der Waals surface area contributed by atoms with Gasteiger partial charge >= 0.3 is 0 Å². The number of rotatable bonds is 7. The summed E-state index contributed by atoms with van der Waals surface area (Å²) in [6.45, 7) is 3.26. The Bertz CT molecular complexity index is 957. The minimum Gasteiger partial charge on any atom is -0.496 e. The summed E-state index contributed by atoms with van der Waals surface area (Å²) in [5.41, 5.74) is 3.58. The Morgan fingerprint density at radius 1 is 1.31 bits per heavy atom. The Morgan fingerprint density at radius 2 is 2.21 bits per heavy atom. The topological polar surface area (TPSA) is 83.1 Å². The average molecular weight is 391 g/mol. The maximum Gasteiger partial charge on any atom is 0.272 e. The van der Waals surface area contributed by atoms with E-state index in [0.29, 0.717) is 18.2 Å². The number of nitrogens with one attached hydrogen (secondary N) is 2. The molecule has 0 radical (unpaired) electrons. The molecule has 7 heteroatoms. The molecule has 0 saturated carbocycles. The molecule has 2 aromatic heterocycles. The smallest absolute Gasteiger partial charge is 0.272 e. The fourth-order valence-corrected chi connectivity index (χ4v) is 3.76. The van der Waals surface area contributed by atoms with Gasteiger partial charge in [-0.3, -0.25) is 19.8 Å². The zero-order valence-electron chi connectivity index (χ0n) is 16.5. The van der Waals surface area contributed by atoms with Crippen LogP contribution in [0.5, 0.6) is 5.75 Å². The third-order valence-corrected chi connectivity index (χ3v) is 5.30. The molecule has 1 aliphatic heterocycles. The van der Waals surface area contributed by atoms with Crippen molar-refractivity contribution < 1.29 is 9.53 Å². The minimum atomic E-state index is -0.191. The number of hydrogen-bond acceptors (Lipinski definition) is 5. The van der Waals surface area contributed by atoms with Gasteiger partial charge in [0.1, 0.15) is 11.4 Å². The highest BCUT2D eigenvalue weighted by Gasteiger charge is 2.26. The Kier molecular flexibility index (Phi) is 5.86. The summed E-state index contributed by atoms with van der Waals surface area (Å²) in [6, 6.07) is 13.6. The van der Waals surface area contributed by atoms with E-state index in [1.807, 2.05) is 42.6 Å². The summed E-state index contributed by atoms with van der Waals surface area (Å²) in [5, 5.41) is 10.2. The van der Waals surface area contributed by atoms with Crippen LogP contribution in [0.15, 0.2) is 54.9 Å². The van der Waals surface area contributed by atoms with Crippen LogP contribution in [-0.4, -0.2) is 46.2 Å². The van der Waals surface area contributed by atoms with Gasteiger partial charge in [-0.05, 0) is 36.7 Å². The van der Waals surface area contributed by atoms with Crippen molar-refractivity contribution in [2.45, 2.75) is 25.4 Å². The van der Waals surface area contributed by atoms with Crippen LogP contribution in [0, 0.1) is 0 Å². The summed E-state index contributed by atoms with van der Waals surface area (Å²) in [4.78, 5) is 19.1. The molecule has 0 spiro atoms. The zero-order chi connectivity index (χ0) is 20.1. The number of para-hydroxylation sites is 1. The molecule has 3 heterocycles. The second kappa shape index (κ2) is 8.87. The molecule has 29 heavy (non-hydrogen) atoms.